The molecule has 2 nitrogen and oxygen atoms in total. The van der Waals surface area contributed by atoms with Gasteiger partial charge in [-0.25, -0.2) is 4.98 Å². The third-order valence-electron chi connectivity index (χ3n) is 3.24. The lowest BCUT2D eigenvalue weighted by Gasteiger charge is -2.20. The molecular formula is C16H21BrN2S. The monoisotopic (exact) mass is 352 g/mol. The van der Waals surface area contributed by atoms with Crippen molar-refractivity contribution in [2.45, 2.75) is 39.2 Å². The average Bonchev–Trinajstić information content (AvgIpc) is 2.81. The van der Waals surface area contributed by atoms with E-state index in [9.17, 15) is 0 Å². The number of aryl methyl sites for hydroxylation is 1. The number of nitrogens with one attached hydrogen (secondary N) is 1. The van der Waals surface area contributed by atoms with E-state index in [0.717, 1.165) is 18.0 Å². The van der Waals surface area contributed by atoms with E-state index in [1.807, 2.05) is 0 Å². The fourth-order valence-corrected chi connectivity index (χ4v) is 3.46. The standard InChI is InChI=1S/C16H21BrN2S/c1-11(2)18-9-13(8-14-10-20-12(3)19-14)15-6-4-5-7-16(15)17/h4-7,10-11,13,18H,8-9H2,1-3H3. The zero-order chi connectivity index (χ0) is 14.5. The van der Waals surface area contributed by atoms with Crippen LogP contribution in [0.3, 0.4) is 0 Å². The highest BCUT2D eigenvalue weighted by Gasteiger charge is 2.16. The van der Waals surface area contributed by atoms with Crippen LogP contribution < -0.4 is 5.32 Å². The summed E-state index contributed by atoms with van der Waals surface area (Å²) < 4.78 is 1.18. The van der Waals surface area contributed by atoms with Crippen molar-refractivity contribution in [3.05, 3.63) is 50.4 Å². The summed E-state index contributed by atoms with van der Waals surface area (Å²) in [6.07, 6.45) is 0.979. The normalized spacial score (nSPS) is 12.8. The molecule has 1 aromatic carbocycles. The minimum absolute atomic E-state index is 0.439. The number of halogens is 1. The lowest BCUT2D eigenvalue weighted by atomic mass is 9.94. The number of aromatic nitrogens is 1. The maximum absolute atomic E-state index is 4.61. The molecule has 0 bridgehead atoms. The van der Waals surface area contributed by atoms with Crippen LogP contribution >= 0.6 is 27.3 Å². The van der Waals surface area contributed by atoms with Gasteiger partial charge in [-0.1, -0.05) is 48.0 Å². The number of rotatable bonds is 6. The quantitative estimate of drug-likeness (QED) is 0.825. The Kier molecular flexibility index (Phi) is 5.75. The maximum atomic E-state index is 4.61. The fraction of sp³-hybridized carbons (Fsp3) is 0.438. The first-order chi connectivity index (χ1) is 9.56. The van der Waals surface area contributed by atoms with Crippen molar-refractivity contribution in [3.63, 3.8) is 0 Å². The Labute approximate surface area is 133 Å². The summed E-state index contributed by atoms with van der Waals surface area (Å²) >= 11 is 5.40. The van der Waals surface area contributed by atoms with Gasteiger partial charge in [-0.05, 0) is 25.0 Å². The van der Waals surface area contributed by atoms with Crippen LogP contribution in [0.2, 0.25) is 0 Å². The molecule has 0 aliphatic carbocycles. The van der Waals surface area contributed by atoms with Crippen LogP contribution in [0.4, 0.5) is 0 Å². The Morgan fingerprint density at radius 2 is 2.05 bits per heavy atom. The number of hydrogen-bond donors (Lipinski definition) is 1. The van der Waals surface area contributed by atoms with Crippen molar-refractivity contribution in [2.75, 3.05) is 6.54 Å². The van der Waals surface area contributed by atoms with Gasteiger partial charge in [-0.15, -0.1) is 11.3 Å². The Bertz CT molecular complexity index is 551. The van der Waals surface area contributed by atoms with E-state index < -0.39 is 0 Å². The second kappa shape index (κ2) is 7.34. The predicted octanol–water partition coefficient (Wildman–Crippen LogP) is 4.54. The lowest BCUT2D eigenvalue weighted by Crippen LogP contribution is -2.29. The van der Waals surface area contributed by atoms with Gasteiger partial charge in [0.1, 0.15) is 0 Å². The van der Waals surface area contributed by atoms with E-state index in [2.05, 4.69) is 76.6 Å². The molecule has 1 heterocycles. The summed E-state index contributed by atoms with van der Waals surface area (Å²) in [5.41, 5.74) is 2.55. The van der Waals surface area contributed by atoms with E-state index >= 15 is 0 Å². The zero-order valence-corrected chi connectivity index (χ0v) is 14.6. The molecule has 0 aliphatic heterocycles. The molecule has 0 aliphatic rings. The van der Waals surface area contributed by atoms with E-state index in [1.165, 1.54) is 15.7 Å². The molecule has 1 aromatic heterocycles. The average molecular weight is 353 g/mol. The number of hydrogen-bond acceptors (Lipinski definition) is 3. The molecule has 0 radical (unpaired) electrons. The summed E-state index contributed by atoms with van der Waals surface area (Å²) in [6, 6.07) is 8.99. The van der Waals surface area contributed by atoms with Gasteiger partial charge >= 0.3 is 0 Å². The number of nitrogens with zero attached hydrogens (tertiary/aromatic N) is 1. The summed E-state index contributed by atoms with van der Waals surface area (Å²) in [5.74, 6) is 0.439. The topological polar surface area (TPSA) is 24.9 Å². The Morgan fingerprint density at radius 3 is 2.65 bits per heavy atom. The molecule has 0 saturated heterocycles. The molecule has 1 atom stereocenters. The van der Waals surface area contributed by atoms with E-state index in [4.69, 9.17) is 0 Å². The Morgan fingerprint density at radius 1 is 1.30 bits per heavy atom. The van der Waals surface area contributed by atoms with Crippen LogP contribution in [0.1, 0.15) is 36.0 Å². The van der Waals surface area contributed by atoms with Crippen LogP contribution in [0, 0.1) is 6.92 Å². The van der Waals surface area contributed by atoms with Crippen molar-refractivity contribution < 1.29 is 0 Å². The van der Waals surface area contributed by atoms with Crippen LogP contribution in [-0.4, -0.2) is 17.6 Å². The first kappa shape index (κ1) is 15.7. The van der Waals surface area contributed by atoms with Crippen molar-refractivity contribution >= 4 is 27.3 Å². The van der Waals surface area contributed by atoms with Crippen molar-refractivity contribution in [1.29, 1.82) is 0 Å². The molecule has 0 spiro atoms. The molecule has 0 saturated carbocycles. The molecule has 4 heteroatoms. The van der Waals surface area contributed by atoms with Gasteiger partial charge in [-0.2, -0.15) is 0 Å². The summed E-state index contributed by atoms with van der Waals surface area (Å²) in [7, 11) is 0. The molecule has 20 heavy (non-hydrogen) atoms. The van der Waals surface area contributed by atoms with Crippen LogP contribution in [-0.2, 0) is 6.42 Å². The molecular weight excluding hydrogens is 332 g/mol. The summed E-state index contributed by atoms with van der Waals surface area (Å²) in [4.78, 5) is 4.61. The molecule has 1 N–H and O–H groups in total. The van der Waals surface area contributed by atoms with Gasteiger partial charge in [0.25, 0.3) is 0 Å². The van der Waals surface area contributed by atoms with Gasteiger partial charge < -0.3 is 5.32 Å². The minimum atomic E-state index is 0.439. The maximum Gasteiger partial charge on any atom is 0.0897 e. The summed E-state index contributed by atoms with van der Waals surface area (Å²) in [5, 5.41) is 6.87. The first-order valence-electron chi connectivity index (χ1n) is 6.95. The van der Waals surface area contributed by atoms with Gasteiger partial charge in [0.2, 0.25) is 0 Å². The van der Waals surface area contributed by atoms with Gasteiger partial charge in [0, 0.05) is 28.4 Å². The highest BCUT2D eigenvalue weighted by molar-refractivity contribution is 9.10. The van der Waals surface area contributed by atoms with Gasteiger partial charge in [0.15, 0.2) is 0 Å². The molecule has 0 amide bonds. The van der Waals surface area contributed by atoms with E-state index in [0.29, 0.717) is 12.0 Å². The number of benzene rings is 1. The molecule has 0 fully saturated rings. The van der Waals surface area contributed by atoms with Gasteiger partial charge in [0.05, 0.1) is 10.7 Å². The molecule has 2 rings (SSSR count). The molecule has 108 valence electrons. The zero-order valence-electron chi connectivity index (χ0n) is 12.2. The van der Waals surface area contributed by atoms with E-state index in [1.54, 1.807) is 11.3 Å². The van der Waals surface area contributed by atoms with Crippen molar-refractivity contribution in [1.82, 2.24) is 10.3 Å². The highest BCUT2D eigenvalue weighted by Crippen LogP contribution is 2.28. The lowest BCUT2D eigenvalue weighted by molar-refractivity contribution is 0.523. The summed E-state index contributed by atoms with van der Waals surface area (Å²) in [6.45, 7) is 7.40. The highest BCUT2D eigenvalue weighted by atomic mass is 79.9. The predicted molar refractivity (Wildman–Crippen MR) is 90.6 cm³/mol. The van der Waals surface area contributed by atoms with Crippen molar-refractivity contribution in [3.8, 4) is 0 Å². The van der Waals surface area contributed by atoms with Crippen LogP contribution in [0.5, 0.6) is 0 Å². The molecule has 2 aromatic rings. The van der Waals surface area contributed by atoms with Crippen molar-refractivity contribution in [2.24, 2.45) is 0 Å². The molecule has 1 unspecified atom stereocenters. The van der Waals surface area contributed by atoms with Crippen LogP contribution in [0.15, 0.2) is 34.1 Å². The largest absolute Gasteiger partial charge is 0.314 e. The SMILES string of the molecule is Cc1nc(CC(CNC(C)C)c2ccccc2Br)cs1. The first-order valence-corrected chi connectivity index (χ1v) is 8.62. The Hall–Kier alpha value is -0.710. The third kappa shape index (κ3) is 4.40. The second-order valence-electron chi connectivity index (χ2n) is 5.34. The Balaban J connectivity index is 2.18. The second-order valence-corrected chi connectivity index (χ2v) is 7.26. The third-order valence-corrected chi connectivity index (χ3v) is 4.78. The van der Waals surface area contributed by atoms with E-state index in [-0.39, 0.29) is 0 Å². The van der Waals surface area contributed by atoms with Crippen LogP contribution in [0.25, 0.3) is 0 Å². The van der Waals surface area contributed by atoms with Gasteiger partial charge in [-0.3, -0.25) is 0 Å². The smallest absolute Gasteiger partial charge is 0.0897 e. The fourth-order valence-electron chi connectivity index (χ4n) is 2.23. The number of thiazole rings is 1. The minimum Gasteiger partial charge on any atom is -0.314 e.